The van der Waals surface area contributed by atoms with Crippen LogP contribution in [0.2, 0.25) is 5.02 Å². The lowest BCUT2D eigenvalue weighted by atomic mass is 10.2. The van der Waals surface area contributed by atoms with E-state index >= 15 is 0 Å². The van der Waals surface area contributed by atoms with E-state index in [2.05, 4.69) is 21.2 Å². The second kappa shape index (κ2) is 10.2. The smallest absolute Gasteiger partial charge is 0.248 e. The number of nitriles is 1. The number of hydrogen-bond donors (Lipinski definition) is 3. The molecule has 1 heterocycles. The number of nitrogens with one attached hydrogen (secondary N) is 2. The van der Waals surface area contributed by atoms with Gasteiger partial charge >= 0.3 is 0 Å². The average Bonchev–Trinajstić information content (AvgIpc) is 3.23. The number of phenols is 1. The van der Waals surface area contributed by atoms with Crippen molar-refractivity contribution in [3.05, 3.63) is 45.6 Å². The van der Waals surface area contributed by atoms with Crippen molar-refractivity contribution in [1.29, 1.82) is 10.7 Å². The largest absolute Gasteiger partial charge is 0.504 e. The maximum absolute atomic E-state index is 13.9. The Morgan fingerprint density at radius 2 is 2.21 bits per heavy atom. The number of benzene rings is 2. The third-order valence-electron chi connectivity index (χ3n) is 5.08. The molecule has 0 aliphatic carbocycles. The predicted octanol–water partition coefficient (Wildman–Crippen LogP) is 4.08. The van der Waals surface area contributed by atoms with Gasteiger partial charge in [0.2, 0.25) is 16.0 Å². The van der Waals surface area contributed by atoms with Crippen molar-refractivity contribution in [2.75, 3.05) is 30.5 Å². The normalized spacial score (nSPS) is 16.4. The lowest BCUT2D eigenvalue weighted by Crippen LogP contribution is -2.38. The maximum Gasteiger partial charge on any atom is 0.248 e. The molecule has 176 valence electrons. The molecular weight excluding hydrogens is 541 g/mol. The zero-order valence-corrected chi connectivity index (χ0v) is 20.5. The molecule has 0 bridgehead atoms. The van der Waals surface area contributed by atoms with Crippen LogP contribution in [-0.2, 0) is 14.8 Å². The van der Waals surface area contributed by atoms with Gasteiger partial charge in [-0.05, 0) is 53.0 Å². The molecule has 0 spiro atoms. The zero-order valence-electron chi connectivity index (χ0n) is 17.3. The molecule has 0 saturated carbocycles. The van der Waals surface area contributed by atoms with Crippen LogP contribution in [-0.4, -0.2) is 50.1 Å². The number of hydrogen-bond acceptors (Lipinski definition) is 6. The fourth-order valence-corrected chi connectivity index (χ4v) is 6.29. The van der Waals surface area contributed by atoms with E-state index in [4.69, 9.17) is 21.7 Å². The Kier molecular flexibility index (Phi) is 7.81. The Bertz CT molecular complexity index is 1220. The van der Waals surface area contributed by atoms with Crippen molar-refractivity contribution in [3.63, 3.8) is 0 Å². The summed E-state index contributed by atoms with van der Waals surface area (Å²) in [4.78, 5) is 0.255. The van der Waals surface area contributed by atoms with E-state index in [-0.39, 0.29) is 34.0 Å². The fraction of sp³-hybridized carbons (Fsp3) is 0.300. The minimum atomic E-state index is -4.19. The van der Waals surface area contributed by atoms with Crippen LogP contribution < -0.4 is 10.2 Å². The van der Waals surface area contributed by atoms with Crippen molar-refractivity contribution >= 4 is 54.9 Å². The van der Waals surface area contributed by atoms with Crippen LogP contribution >= 0.6 is 27.5 Å². The van der Waals surface area contributed by atoms with E-state index < -0.39 is 38.5 Å². The SMILES string of the molecule is COC[C@@H]1CCCN1S(=O)(=O)c1c(Cl)ccc(NC(=N)N(C#N)c2cccc(F)c2Br)c1O. The van der Waals surface area contributed by atoms with Gasteiger partial charge < -0.3 is 15.2 Å². The standard InChI is InChI=1S/C20H20BrClFN5O4S/c1-32-10-12-4-3-9-28(12)33(30,31)19-13(22)7-8-15(18(19)29)26-20(25)27(11-24)16-6-2-5-14(23)17(16)21/h2,5-8,12,29H,3-4,9-10H2,1H3,(H2,25,26)/t12-/m0/s1. The van der Waals surface area contributed by atoms with Gasteiger partial charge in [0.1, 0.15) is 10.7 Å². The first-order valence-corrected chi connectivity index (χ1v) is 12.3. The Balaban J connectivity index is 1.96. The average molecular weight is 561 g/mol. The Hall–Kier alpha value is -2.43. The van der Waals surface area contributed by atoms with Gasteiger partial charge in [0.05, 0.1) is 27.5 Å². The highest BCUT2D eigenvalue weighted by Gasteiger charge is 2.38. The van der Waals surface area contributed by atoms with Gasteiger partial charge in [-0.1, -0.05) is 17.7 Å². The van der Waals surface area contributed by atoms with Crippen LogP contribution in [0, 0.1) is 22.7 Å². The number of ether oxygens (including phenoxy) is 1. The summed E-state index contributed by atoms with van der Waals surface area (Å²) >= 11 is 9.20. The van der Waals surface area contributed by atoms with E-state index in [1.165, 1.54) is 41.7 Å². The van der Waals surface area contributed by atoms with Gasteiger partial charge in [-0.3, -0.25) is 5.41 Å². The number of methoxy groups -OCH3 is 1. The molecule has 2 aromatic rings. The minimum Gasteiger partial charge on any atom is -0.504 e. The summed E-state index contributed by atoms with van der Waals surface area (Å²) in [6, 6.07) is 6.09. The predicted molar refractivity (Wildman–Crippen MR) is 125 cm³/mol. The lowest BCUT2D eigenvalue weighted by molar-refractivity contribution is 0.149. The number of sulfonamides is 1. The molecule has 1 aliphatic heterocycles. The second-order valence-corrected chi connectivity index (χ2v) is 10.1. The van der Waals surface area contributed by atoms with Gasteiger partial charge in [-0.25, -0.2) is 17.7 Å². The number of nitrogens with zero attached hydrogens (tertiary/aromatic N) is 3. The Labute approximate surface area is 204 Å². The molecule has 9 nitrogen and oxygen atoms in total. The van der Waals surface area contributed by atoms with Crippen LogP contribution in [0.25, 0.3) is 0 Å². The summed E-state index contributed by atoms with van der Waals surface area (Å²) in [6.45, 7) is 0.440. The van der Waals surface area contributed by atoms with Gasteiger partial charge in [0, 0.05) is 19.7 Å². The highest BCUT2D eigenvalue weighted by Crippen LogP contribution is 2.40. The van der Waals surface area contributed by atoms with Crippen LogP contribution in [0.5, 0.6) is 5.75 Å². The number of rotatable bonds is 6. The van der Waals surface area contributed by atoms with Crippen molar-refractivity contribution < 1.29 is 22.7 Å². The van der Waals surface area contributed by atoms with Crippen LogP contribution in [0.1, 0.15) is 12.8 Å². The summed E-state index contributed by atoms with van der Waals surface area (Å²) in [7, 11) is -2.72. The quantitative estimate of drug-likeness (QED) is 0.160. The van der Waals surface area contributed by atoms with Crippen LogP contribution in [0.3, 0.4) is 0 Å². The third kappa shape index (κ3) is 4.92. The zero-order chi connectivity index (χ0) is 24.3. The molecule has 1 saturated heterocycles. The summed E-state index contributed by atoms with van der Waals surface area (Å²) < 4.78 is 46.8. The highest BCUT2D eigenvalue weighted by molar-refractivity contribution is 9.10. The number of halogens is 3. The highest BCUT2D eigenvalue weighted by atomic mass is 79.9. The third-order valence-corrected chi connectivity index (χ3v) is 8.32. The molecule has 33 heavy (non-hydrogen) atoms. The monoisotopic (exact) mass is 559 g/mol. The van der Waals surface area contributed by atoms with Crippen LogP contribution in [0.4, 0.5) is 15.8 Å². The van der Waals surface area contributed by atoms with Crippen LogP contribution in [0.15, 0.2) is 39.7 Å². The van der Waals surface area contributed by atoms with Gasteiger partial charge in [0.15, 0.2) is 11.9 Å². The van der Waals surface area contributed by atoms with E-state index in [1.54, 1.807) is 6.19 Å². The molecule has 13 heteroatoms. The summed E-state index contributed by atoms with van der Waals surface area (Å²) in [6.07, 6.45) is 2.99. The molecule has 0 amide bonds. The molecule has 1 atom stereocenters. The first-order chi connectivity index (χ1) is 15.6. The van der Waals surface area contributed by atoms with E-state index in [9.17, 15) is 23.2 Å². The van der Waals surface area contributed by atoms with Gasteiger partial charge in [-0.2, -0.15) is 9.57 Å². The Morgan fingerprint density at radius 3 is 2.88 bits per heavy atom. The molecule has 2 aromatic carbocycles. The number of aromatic hydroxyl groups is 1. The first kappa shape index (κ1) is 25.2. The summed E-state index contributed by atoms with van der Waals surface area (Å²) in [5.74, 6) is -1.89. The molecule has 0 radical (unpaired) electrons. The molecule has 3 rings (SSSR count). The molecule has 1 aliphatic rings. The fourth-order valence-electron chi connectivity index (χ4n) is 3.57. The molecule has 0 unspecified atom stereocenters. The van der Waals surface area contributed by atoms with E-state index in [1.807, 2.05) is 0 Å². The van der Waals surface area contributed by atoms with Gasteiger partial charge in [-0.15, -0.1) is 0 Å². The molecule has 1 fully saturated rings. The van der Waals surface area contributed by atoms with Crippen molar-refractivity contribution in [3.8, 4) is 11.9 Å². The number of guanidine groups is 1. The maximum atomic E-state index is 13.9. The lowest BCUT2D eigenvalue weighted by Gasteiger charge is -2.25. The van der Waals surface area contributed by atoms with Crippen molar-refractivity contribution in [2.24, 2.45) is 0 Å². The summed E-state index contributed by atoms with van der Waals surface area (Å²) in [5, 5.41) is 30.9. The molecule has 0 aromatic heterocycles. The first-order valence-electron chi connectivity index (χ1n) is 9.65. The summed E-state index contributed by atoms with van der Waals surface area (Å²) in [5.41, 5.74) is -0.131. The molecule has 3 N–H and O–H groups in total. The topological polar surface area (TPSA) is 130 Å². The van der Waals surface area contributed by atoms with Crippen molar-refractivity contribution in [2.45, 2.75) is 23.8 Å². The minimum absolute atomic E-state index is 0.0378. The number of anilines is 2. The van der Waals surface area contributed by atoms with E-state index in [0.29, 0.717) is 12.8 Å². The number of phenolic OH excluding ortho intramolecular Hbond substituents is 1. The molecular formula is C20H20BrClFN5O4S. The second-order valence-electron chi connectivity index (χ2n) is 7.12. The van der Waals surface area contributed by atoms with Crippen molar-refractivity contribution in [1.82, 2.24) is 4.31 Å². The Morgan fingerprint density at radius 1 is 1.48 bits per heavy atom. The van der Waals surface area contributed by atoms with E-state index in [0.717, 1.165) is 4.90 Å². The van der Waals surface area contributed by atoms with Gasteiger partial charge in [0.25, 0.3) is 0 Å².